The zero-order valence-corrected chi connectivity index (χ0v) is 15.9. The van der Waals surface area contributed by atoms with Crippen LogP contribution in [0.1, 0.15) is 18.1 Å². The number of hydrogen-bond donors (Lipinski definition) is 1. The van der Waals surface area contributed by atoms with Crippen molar-refractivity contribution in [2.24, 2.45) is 0 Å². The topological polar surface area (TPSA) is 50.2 Å². The van der Waals surface area contributed by atoms with Gasteiger partial charge in [0.15, 0.2) is 0 Å². The van der Waals surface area contributed by atoms with Crippen LogP contribution in [0.5, 0.6) is 0 Å². The summed E-state index contributed by atoms with van der Waals surface area (Å²) in [6, 6.07) is 14.6. The number of benzene rings is 2. The molecule has 0 spiro atoms. The molecule has 5 nitrogen and oxygen atoms in total. The van der Waals surface area contributed by atoms with Gasteiger partial charge in [0, 0.05) is 18.3 Å². The van der Waals surface area contributed by atoms with Crippen molar-refractivity contribution in [2.45, 2.75) is 19.6 Å². The minimum absolute atomic E-state index is 0.0286. The molecule has 0 fully saturated rings. The molecule has 1 aromatic heterocycles. The zero-order valence-electron chi connectivity index (χ0n) is 15.9. The van der Waals surface area contributed by atoms with E-state index in [1.807, 2.05) is 48.4 Å². The van der Waals surface area contributed by atoms with Gasteiger partial charge in [-0.3, -0.25) is 9.69 Å². The summed E-state index contributed by atoms with van der Waals surface area (Å²) < 4.78 is 41.0. The molecule has 29 heavy (non-hydrogen) atoms. The Hall–Kier alpha value is -3.13. The van der Waals surface area contributed by atoms with Gasteiger partial charge in [-0.15, -0.1) is 0 Å². The van der Waals surface area contributed by atoms with E-state index in [0.29, 0.717) is 13.1 Å². The number of nitrogens with one attached hydrogen (secondary N) is 1. The lowest BCUT2D eigenvalue weighted by molar-refractivity contribution is -0.137. The average molecular weight is 402 g/mol. The first-order valence-electron chi connectivity index (χ1n) is 9.14. The summed E-state index contributed by atoms with van der Waals surface area (Å²) in [6.45, 7) is 2.88. The molecule has 0 saturated heterocycles. The fourth-order valence-electron chi connectivity index (χ4n) is 2.93. The molecule has 1 amide bonds. The number of carbonyl (C=O) groups excluding carboxylic acids is 1. The van der Waals surface area contributed by atoms with Gasteiger partial charge in [0.2, 0.25) is 5.91 Å². The summed E-state index contributed by atoms with van der Waals surface area (Å²) in [5.74, 6) is -0.501. The SMILES string of the molecule is CCN(CC(=O)Nc1ccccc1C(F)(F)F)Cc1cnn(-c2ccccc2)c1. The molecule has 152 valence electrons. The third kappa shape index (κ3) is 5.45. The zero-order chi connectivity index (χ0) is 20.9. The van der Waals surface area contributed by atoms with Gasteiger partial charge in [-0.1, -0.05) is 37.3 Å². The van der Waals surface area contributed by atoms with E-state index < -0.39 is 17.6 Å². The van der Waals surface area contributed by atoms with Crippen molar-refractivity contribution in [1.29, 1.82) is 0 Å². The molecule has 3 aromatic rings. The van der Waals surface area contributed by atoms with Gasteiger partial charge in [-0.25, -0.2) is 4.68 Å². The standard InChI is InChI=1S/C21H21F3N4O/c1-2-27(13-16-12-25-28(14-16)17-8-4-3-5-9-17)15-20(29)26-19-11-7-6-10-18(19)21(22,23)24/h3-12,14H,2,13,15H2,1H3,(H,26,29). The van der Waals surface area contributed by atoms with E-state index >= 15 is 0 Å². The third-order valence-electron chi connectivity index (χ3n) is 4.38. The minimum Gasteiger partial charge on any atom is -0.324 e. The van der Waals surface area contributed by atoms with Crippen LogP contribution in [0.4, 0.5) is 18.9 Å². The molecule has 1 N–H and O–H groups in total. The van der Waals surface area contributed by atoms with Crippen molar-refractivity contribution in [1.82, 2.24) is 14.7 Å². The van der Waals surface area contributed by atoms with E-state index in [4.69, 9.17) is 0 Å². The predicted octanol–water partition coefficient (Wildman–Crippen LogP) is 4.35. The molecule has 0 radical (unpaired) electrons. The van der Waals surface area contributed by atoms with Gasteiger partial charge < -0.3 is 5.32 Å². The van der Waals surface area contributed by atoms with Crippen LogP contribution in [0.3, 0.4) is 0 Å². The van der Waals surface area contributed by atoms with E-state index in [-0.39, 0.29) is 12.2 Å². The van der Waals surface area contributed by atoms with Crippen molar-refractivity contribution in [2.75, 3.05) is 18.4 Å². The lowest BCUT2D eigenvalue weighted by Crippen LogP contribution is -2.33. The molecular formula is C21H21F3N4O. The average Bonchev–Trinajstić information content (AvgIpc) is 3.16. The molecule has 2 aromatic carbocycles. The highest BCUT2D eigenvalue weighted by molar-refractivity contribution is 5.93. The number of carbonyl (C=O) groups is 1. The Morgan fingerprint density at radius 1 is 1.10 bits per heavy atom. The lowest BCUT2D eigenvalue weighted by Gasteiger charge is -2.20. The van der Waals surface area contributed by atoms with Gasteiger partial charge in [0.25, 0.3) is 0 Å². The van der Waals surface area contributed by atoms with E-state index in [2.05, 4.69) is 10.4 Å². The molecule has 1 heterocycles. The molecule has 0 bridgehead atoms. The van der Waals surface area contributed by atoms with Crippen LogP contribution < -0.4 is 5.32 Å². The van der Waals surface area contributed by atoms with Crippen LogP contribution in [-0.2, 0) is 17.5 Å². The van der Waals surface area contributed by atoms with Crippen LogP contribution in [0.15, 0.2) is 67.0 Å². The number of amides is 1. The van der Waals surface area contributed by atoms with Crippen molar-refractivity contribution in [3.05, 3.63) is 78.1 Å². The molecule has 0 unspecified atom stereocenters. The van der Waals surface area contributed by atoms with Gasteiger partial charge in [0.05, 0.1) is 29.7 Å². The summed E-state index contributed by atoms with van der Waals surface area (Å²) in [6.07, 6.45) is -0.943. The number of nitrogens with zero attached hydrogens (tertiary/aromatic N) is 3. The smallest absolute Gasteiger partial charge is 0.324 e. The summed E-state index contributed by atoms with van der Waals surface area (Å²) >= 11 is 0. The van der Waals surface area contributed by atoms with Crippen molar-refractivity contribution >= 4 is 11.6 Å². The lowest BCUT2D eigenvalue weighted by atomic mass is 10.1. The molecule has 0 aliphatic rings. The Labute approximate surface area is 166 Å². The second-order valence-corrected chi connectivity index (χ2v) is 6.52. The first kappa shape index (κ1) is 20.6. The Morgan fingerprint density at radius 3 is 2.48 bits per heavy atom. The van der Waals surface area contributed by atoms with E-state index in [1.54, 1.807) is 10.9 Å². The molecule has 3 rings (SSSR count). The Bertz CT molecular complexity index is 954. The maximum Gasteiger partial charge on any atom is 0.418 e. The number of rotatable bonds is 7. The maximum absolute atomic E-state index is 13.1. The first-order chi connectivity index (χ1) is 13.9. The molecular weight excluding hydrogens is 381 g/mol. The third-order valence-corrected chi connectivity index (χ3v) is 4.38. The Balaban J connectivity index is 1.64. The highest BCUT2D eigenvalue weighted by Gasteiger charge is 2.33. The van der Waals surface area contributed by atoms with Gasteiger partial charge in [0.1, 0.15) is 0 Å². The summed E-state index contributed by atoms with van der Waals surface area (Å²) in [7, 11) is 0. The monoisotopic (exact) mass is 402 g/mol. The second kappa shape index (κ2) is 8.91. The van der Waals surface area contributed by atoms with Gasteiger partial charge in [-0.05, 0) is 30.8 Å². The van der Waals surface area contributed by atoms with Crippen molar-refractivity contribution in [3.8, 4) is 5.69 Å². The van der Waals surface area contributed by atoms with Crippen molar-refractivity contribution in [3.63, 3.8) is 0 Å². The summed E-state index contributed by atoms with van der Waals surface area (Å²) in [5.41, 5.74) is 0.723. The summed E-state index contributed by atoms with van der Waals surface area (Å²) in [4.78, 5) is 14.2. The molecule has 0 aliphatic heterocycles. The molecule has 0 atom stereocenters. The van der Waals surface area contributed by atoms with E-state index in [9.17, 15) is 18.0 Å². The van der Waals surface area contributed by atoms with Crippen LogP contribution in [-0.4, -0.2) is 33.7 Å². The van der Waals surface area contributed by atoms with Crippen LogP contribution in [0.2, 0.25) is 0 Å². The van der Waals surface area contributed by atoms with Crippen LogP contribution in [0.25, 0.3) is 5.69 Å². The number of alkyl halides is 3. The number of halogens is 3. The molecule has 0 aliphatic carbocycles. The normalized spacial score (nSPS) is 11.6. The number of para-hydroxylation sites is 2. The maximum atomic E-state index is 13.1. The van der Waals surface area contributed by atoms with Crippen LogP contribution in [0, 0.1) is 0 Å². The predicted molar refractivity (Wildman–Crippen MR) is 105 cm³/mol. The fourth-order valence-corrected chi connectivity index (χ4v) is 2.93. The minimum atomic E-state index is -4.53. The largest absolute Gasteiger partial charge is 0.418 e. The highest BCUT2D eigenvalue weighted by Crippen LogP contribution is 2.34. The number of likely N-dealkylation sites (N-methyl/N-ethyl adjacent to an activating group) is 1. The number of aromatic nitrogens is 2. The quantitative estimate of drug-likeness (QED) is 0.639. The van der Waals surface area contributed by atoms with Gasteiger partial charge >= 0.3 is 6.18 Å². The molecule has 8 heteroatoms. The second-order valence-electron chi connectivity index (χ2n) is 6.52. The first-order valence-corrected chi connectivity index (χ1v) is 9.14. The van der Waals surface area contributed by atoms with E-state index in [1.165, 1.54) is 18.2 Å². The Morgan fingerprint density at radius 2 is 1.79 bits per heavy atom. The highest BCUT2D eigenvalue weighted by atomic mass is 19.4. The van der Waals surface area contributed by atoms with Gasteiger partial charge in [-0.2, -0.15) is 18.3 Å². The van der Waals surface area contributed by atoms with Crippen LogP contribution >= 0.6 is 0 Å². The fraction of sp³-hybridized carbons (Fsp3) is 0.238. The number of hydrogen-bond acceptors (Lipinski definition) is 3. The Kier molecular flexibility index (Phi) is 6.33. The number of anilines is 1. The summed E-state index contributed by atoms with van der Waals surface area (Å²) in [5, 5.41) is 6.70. The van der Waals surface area contributed by atoms with E-state index in [0.717, 1.165) is 17.3 Å². The molecule has 0 saturated carbocycles. The van der Waals surface area contributed by atoms with Crippen molar-refractivity contribution < 1.29 is 18.0 Å².